The second-order valence-electron chi connectivity index (χ2n) is 10.2. The first-order valence-electron chi connectivity index (χ1n) is 12.6. The average Bonchev–Trinajstić information content (AvgIpc) is 3.16. The zero-order chi connectivity index (χ0) is 24.6. The van der Waals surface area contributed by atoms with Crippen molar-refractivity contribution in [2.45, 2.75) is 56.9 Å². The smallest absolute Gasteiger partial charge is 0.408 e. The molecule has 0 radical (unpaired) electrons. The summed E-state index contributed by atoms with van der Waals surface area (Å²) in [5, 5.41) is 12.5. The van der Waals surface area contributed by atoms with Crippen LogP contribution in [0.3, 0.4) is 0 Å². The molecule has 0 aromatic heterocycles. The monoisotopic (exact) mass is 476 g/mol. The van der Waals surface area contributed by atoms with Crippen LogP contribution in [-0.2, 0) is 14.3 Å². The summed E-state index contributed by atoms with van der Waals surface area (Å²) in [7, 11) is 0. The third kappa shape index (κ3) is 3.97. The highest BCUT2D eigenvalue weighted by atomic mass is 16.5. The molecule has 1 aliphatic heterocycles. The molecule has 0 spiro atoms. The number of fused-ring (bicyclic) bond motifs is 3. The number of carboxylic acids is 1. The number of carbonyl (C=O) groups excluding carboxylic acids is 2. The molecule has 2 N–H and O–H groups in total. The zero-order valence-electron chi connectivity index (χ0n) is 20.1. The fourth-order valence-electron chi connectivity index (χ4n) is 6.02. The van der Waals surface area contributed by atoms with Gasteiger partial charge in [-0.25, -0.2) is 4.79 Å². The molecule has 184 valence electrons. The lowest BCUT2D eigenvalue weighted by Crippen LogP contribution is -2.69. The quantitative estimate of drug-likeness (QED) is 0.638. The molecule has 5 rings (SSSR count). The average molecular weight is 477 g/mol. The number of carbonyl (C=O) groups is 3. The van der Waals surface area contributed by atoms with Crippen molar-refractivity contribution in [3.05, 3.63) is 59.7 Å². The van der Waals surface area contributed by atoms with E-state index in [4.69, 9.17) is 4.74 Å². The Morgan fingerprint density at radius 1 is 0.971 bits per heavy atom. The first kappa shape index (κ1) is 23.4. The van der Waals surface area contributed by atoms with Gasteiger partial charge in [0.25, 0.3) is 0 Å². The van der Waals surface area contributed by atoms with Gasteiger partial charge in [0.05, 0.1) is 0 Å². The fraction of sp³-hybridized carbons (Fsp3) is 0.464. The van der Waals surface area contributed by atoms with Crippen LogP contribution in [0, 0.1) is 5.41 Å². The Kier molecular flexibility index (Phi) is 6.03. The number of alkyl carbamates (subject to hydrolysis) is 1. The van der Waals surface area contributed by atoms with Gasteiger partial charge in [-0.2, -0.15) is 0 Å². The van der Waals surface area contributed by atoms with Crippen molar-refractivity contribution >= 4 is 18.0 Å². The van der Waals surface area contributed by atoms with E-state index in [1.807, 2.05) is 31.2 Å². The predicted molar refractivity (Wildman–Crippen MR) is 131 cm³/mol. The van der Waals surface area contributed by atoms with E-state index >= 15 is 0 Å². The van der Waals surface area contributed by atoms with Gasteiger partial charge in [0.15, 0.2) is 0 Å². The maximum atomic E-state index is 13.5. The molecule has 0 unspecified atom stereocenters. The van der Waals surface area contributed by atoms with Gasteiger partial charge in [-0.1, -0.05) is 74.7 Å². The summed E-state index contributed by atoms with van der Waals surface area (Å²) in [5.41, 5.74) is 2.68. The number of ether oxygens (including phenoxy) is 1. The van der Waals surface area contributed by atoms with Gasteiger partial charge in [-0.05, 0) is 41.5 Å². The molecule has 2 aromatic rings. The van der Waals surface area contributed by atoms with Gasteiger partial charge < -0.3 is 20.1 Å². The predicted octanol–water partition coefficient (Wildman–Crippen LogP) is 4.55. The van der Waals surface area contributed by atoms with Crippen LogP contribution in [-0.4, -0.2) is 53.2 Å². The maximum absolute atomic E-state index is 13.5. The normalized spacial score (nSPS) is 19.7. The number of benzene rings is 2. The highest BCUT2D eigenvalue weighted by molar-refractivity contribution is 5.92. The lowest BCUT2D eigenvalue weighted by atomic mass is 9.74. The van der Waals surface area contributed by atoms with Gasteiger partial charge in [0.1, 0.15) is 17.6 Å². The minimum Gasteiger partial charge on any atom is -0.481 e. The molecular weight excluding hydrogens is 444 g/mol. The summed E-state index contributed by atoms with van der Waals surface area (Å²) in [5.74, 6) is -1.11. The lowest BCUT2D eigenvalue weighted by Gasteiger charge is -2.50. The van der Waals surface area contributed by atoms with Crippen LogP contribution >= 0.6 is 0 Å². The number of carboxylic acid groups (broad SMARTS) is 1. The molecule has 2 aromatic carbocycles. The number of nitrogens with one attached hydrogen (secondary N) is 1. The Labute approximate surface area is 205 Å². The van der Waals surface area contributed by atoms with E-state index in [1.54, 1.807) is 4.90 Å². The Morgan fingerprint density at radius 3 is 2.09 bits per heavy atom. The SMILES string of the molecule is CCC1(C(=O)O)CN(C(=O)C2(NC(=O)OCC3c4ccccc4-c4ccccc43)CCCCC2)C1. The molecule has 2 aliphatic carbocycles. The van der Waals surface area contributed by atoms with Gasteiger partial charge >= 0.3 is 12.1 Å². The summed E-state index contributed by atoms with van der Waals surface area (Å²) in [6.45, 7) is 2.39. The minimum atomic E-state index is -1.03. The van der Waals surface area contributed by atoms with Crippen LogP contribution in [0.15, 0.2) is 48.5 Å². The zero-order valence-corrected chi connectivity index (χ0v) is 20.1. The summed E-state index contributed by atoms with van der Waals surface area (Å²) in [6.07, 6.45) is 3.64. The molecule has 1 saturated carbocycles. The molecule has 1 heterocycles. The molecule has 2 amide bonds. The Balaban J connectivity index is 1.28. The molecule has 0 atom stereocenters. The molecule has 3 aliphatic rings. The fourth-order valence-corrected chi connectivity index (χ4v) is 6.02. The highest BCUT2D eigenvalue weighted by Gasteiger charge is 2.54. The van der Waals surface area contributed by atoms with Gasteiger partial charge in [-0.15, -0.1) is 0 Å². The molecular formula is C28H32N2O5. The standard InChI is InChI=1S/C28H32N2O5/c1-2-27(25(32)33)17-30(18-27)24(31)28(14-8-3-9-15-28)29-26(34)35-16-23-21-12-6-4-10-19(21)20-11-5-7-13-22(20)23/h4-7,10-13,23H,2-3,8-9,14-18H2,1H3,(H,29,34)(H,32,33). The van der Waals surface area contributed by atoms with Crippen molar-refractivity contribution < 1.29 is 24.2 Å². The molecule has 0 bridgehead atoms. The maximum Gasteiger partial charge on any atom is 0.408 e. The first-order chi connectivity index (χ1) is 16.9. The van der Waals surface area contributed by atoms with Crippen LogP contribution in [0.4, 0.5) is 4.79 Å². The van der Waals surface area contributed by atoms with E-state index in [-0.39, 0.29) is 31.5 Å². The Bertz CT molecular complexity index is 1100. The van der Waals surface area contributed by atoms with Gasteiger partial charge in [-0.3, -0.25) is 9.59 Å². The Hall–Kier alpha value is -3.35. The van der Waals surface area contributed by atoms with Crippen molar-refractivity contribution in [3.8, 4) is 11.1 Å². The lowest BCUT2D eigenvalue weighted by molar-refractivity contribution is -0.169. The summed E-state index contributed by atoms with van der Waals surface area (Å²) < 4.78 is 5.73. The van der Waals surface area contributed by atoms with Crippen molar-refractivity contribution in [3.63, 3.8) is 0 Å². The number of hydrogen-bond acceptors (Lipinski definition) is 4. The molecule has 2 fully saturated rings. The van der Waals surface area contributed by atoms with Gasteiger partial charge in [0.2, 0.25) is 5.91 Å². The number of likely N-dealkylation sites (tertiary alicyclic amines) is 1. The third-order valence-corrected chi connectivity index (χ3v) is 8.21. The number of amides is 2. The van der Waals surface area contributed by atoms with Crippen LogP contribution in [0.2, 0.25) is 0 Å². The summed E-state index contributed by atoms with van der Waals surface area (Å²) >= 11 is 0. The van der Waals surface area contributed by atoms with E-state index in [1.165, 1.54) is 0 Å². The third-order valence-electron chi connectivity index (χ3n) is 8.21. The van der Waals surface area contributed by atoms with Crippen molar-refractivity contribution in [1.29, 1.82) is 0 Å². The summed E-state index contributed by atoms with van der Waals surface area (Å²) in [6, 6.07) is 16.3. The largest absolute Gasteiger partial charge is 0.481 e. The van der Waals surface area contributed by atoms with Gasteiger partial charge in [0, 0.05) is 19.0 Å². The molecule has 7 nitrogen and oxygen atoms in total. The number of nitrogens with zero attached hydrogens (tertiary/aromatic N) is 1. The van der Waals surface area contributed by atoms with Crippen molar-refractivity contribution in [1.82, 2.24) is 10.2 Å². The van der Waals surface area contributed by atoms with E-state index in [0.717, 1.165) is 41.5 Å². The van der Waals surface area contributed by atoms with Crippen LogP contribution in [0.5, 0.6) is 0 Å². The number of rotatable bonds is 6. The first-order valence-corrected chi connectivity index (χ1v) is 12.6. The molecule has 7 heteroatoms. The second-order valence-corrected chi connectivity index (χ2v) is 10.2. The molecule has 1 saturated heterocycles. The van der Waals surface area contributed by atoms with E-state index in [9.17, 15) is 19.5 Å². The van der Waals surface area contributed by atoms with E-state index < -0.39 is 23.0 Å². The van der Waals surface area contributed by atoms with Crippen molar-refractivity contribution in [2.24, 2.45) is 5.41 Å². The second kappa shape index (κ2) is 9.02. The van der Waals surface area contributed by atoms with Crippen LogP contribution < -0.4 is 5.32 Å². The van der Waals surface area contributed by atoms with Crippen LogP contribution in [0.25, 0.3) is 11.1 Å². The summed E-state index contributed by atoms with van der Waals surface area (Å²) in [4.78, 5) is 39.8. The van der Waals surface area contributed by atoms with E-state index in [2.05, 4.69) is 29.6 Å². The molecule has 35 heavy (non-hydrogen) atoms. The Morgan fingerprint density at radius 2 is 1.54 bits per heavy atom. The highest BCUT2D eigenvalue weighted by Crippen LogP contribution is 2.44. The number of hydrogen-bond donors (Lipinski definition) is 2. The minimum absolute atomic E-state index is 0.0534. The topological polar surface area (TPSA) is 95.9 Å². The van der Waals surface area contributed by atoms with E-state index in [0.29, 0.717) is 19.3 Å². The van der Waals surface area contributed by atoms with Crippen LogP contribution in [0.1, 0.15) is 62.5 Å². The number of aliphatic carboxylic acids is 1. The van der Waals surface area contributed by atoms with Crippen molar-refractivity contribution in [2.75, 3.05) is 19.7 Å².